The molecule has 0 aliphatic heterocycles. The van der Waals surface area contributed by atoms with Gasteiger partial charge in [-0.05, 0) is 66.6 Å². The van der Waals surface area contributed by atoms with E-state index in [1.807, 2.05) is 85.8 Å². The van der Waals surface area contributed by atoms with E-state index in [0.717, 1.165) is 48.8 Å². The maximum absolute atomic E-state index is 14.1. The van der Waals surface area contributed by atoms with Crippen LogP contribution in [0.25, 0.3) is 0 Å². The molecule has 242 valence electrons. The Morgan fingerprint density at radius 1 is 0.911 bits per heavy atom. The Morgan fingerprint density at radius 3 is 2.24 bits per heavy atom. The third-order valence-corrected chi connectivity index (χ3v) is 9.69. The lowest BCUT2D eigenvalue weighted by Crippen LogP contribution is -2.52. The minimum atomic E-state index is -3.57. The van der Waals surface area contributed by atoms with E-state index in [2.05, 4.69) is 5.32 Å². The molecule has 0 unspecified atom stereocenters. The van der Waals surface area contributed by atoms with Gasteiger partial charge in [0.2, 0.25) is 21.8 Å². The number of rotatable bonds is 15. The van der Waals surface area contributed by atoms with E-state index in [4.69, 9.17) is 4.74 Å². The number of nitrogens with one attached hydrogen (secondary N) is 1. The molecule has 0 bridgehead atoms. The Bertz CT molecular complexity index is 1490. The summed E-state index contributed by atoms with van der Waals surface area (Å²) in [7, 11) is -1.97. The number of hydrogen-bond acceptors (Lipinski definition) is 5. The van der Waals surface area contributed by atoms with Crippen LogP contribution >= 0.6 is 0 Å². The van der Waals surface area contributed by atoms with Gasteiger partial charge in [-0.2, -0.15) is 0 Å². The Labute approximate surface area is 268 Å². The normalized spacial score (nSPS) is 14.4. The van der Waals surface area contributed by atoms with E-state index in [1.54, 1.807) is 12.0 Å². The highest BCUT2D eigenvalue weighted by molar-refractivity contribution is 7.92. The molecule has 2 amide bonds. The van der Waals surface area contributed by atoms with Crippen molar-refractivity contribution < 1.29 is 22.7 Å². The van der Waals surface area contributed by atoms with Crippen LogP contribution in [0.3, 0.4) is 0 Å². The standard InChI is InChI=1S/C36H47N3O5S/c1-4-28-20-22-32(23-21-28)39(45(3,42)43)24-12-19-35(40)38(27-30-15-11-18-33(25-30)44-2)34(26-29-13-7-5-8-14-29)36(41)37-31-16-9-6-10-17-31/h5,7-8,11,13-15,18,20-23,25,31,34H,4,6,9-10,12,16-17,19,24,26-27H2,1-3H3,(H,37,41)/t34-/m1/s1. The van der Waals surface area contributed by atoms with Gasteiger partial charge in [-0.1, -0.05) is 80.8 Å². The second-order valence-electron chi connectivity index (χ2n) is 11.9. The van der Waals surface area contributed by atoms with Gasteiger partial charge in [0, 0.05) is 32.0 Å². The lowest BCUT2D eigenvalue weighted by molar-refractivity contribution is -0.141. The fraction of sp³-hybridized carbons (Fsp3) is 0.444. The predicted octanol–water partition coefficient (Wildman–Crippen LogP) is 5.89. The fourth-order valence-corrected chi connectivity index (χ4v) is 6.93. The van der Waals surface area contributed by atoms with Crippen LogP contribution in [-0.4, -0.2) is 57.1 Å². The van der Waals surface area contributed by atoms with Crippen LogP contribution in [-0.2, 0) is 39.0 Å². The van der Waals surface area contributed by atoms with Gasteiger partial charge < -0.3 is 15.0 Å². The van der Waals surface area contributed by atoms with Gasteiger partial charge in [-0.25, -0.2) is 8.42 Å². The second-order valence-corrected chi connectivity index (χ2v) is 13.8. The summed E-state index contributed by atoms with van der Waals surface area (Å²) in [5.74, 6) is 0.312. The molecule has 0 radical (unpaired) electrons. The first-order valence-electron chi connectivity index (χ1n) is 16.0. The molecule has 3 aromatic rings. The van der Waals surface area contributed by atoms with Crippen molar-refractivity contribution in [3.05, 3.63) is 95.6 Å². The third kappa shape index (κ3) is 10.1. The summed E-state index contributed by atoms with van der Waals surface area (Å²) >= 11 is 0. The number of aryl methyl sites for hydroxylation is 1. The maximum Gasteiger partial charge on any atom is 0.243 e. The smallest absolute Gasteiger partial charge is 0.243 e. The second kappa shape index (κ2) is 16.5. The average molecular weight is 634 g/mol. The van der Waals surface area contributed by atoms with Gasteiger partial charge in [-0.15, -0.1) is 0 Å². The highest BCUT2D eigenvalue weighted by Crippen LogP contribution is 2.23. The number of ether oxygens (including phenoxy) is 1. The number of benzene rings is 3. The zero-order valence-electron chi connectivity index (χ0n) is 26.8. The molecule has 1 aliphatic rings. The summed E-state index contributed by atoms with van der Waals surface area (Å²) in [5, 5.41) is 3.26. The van der Waals surface area contributed by atoms with Crippen molar-refractivity contribution in [2.24, 2.45) is 0 Å². The number of hydrogen-bond donors (Lipinski definition) is 1. The lowest BCUT2D eigenvalue weighted by atomic mass is 9.94. The van der Waals surface area contributed by atoms with Gasteiger partial charge in [0.1, 0.15) is 11.8 Å². The zero-order valence-corrected chi connectivity index (χ0v) is 27.6. The highest BCUT2D eigenvalue weighted by atomic mass is 32.2. The molecular formula is C36H47N3O5S. The molecule has 0 spiro atoms. The number of nitrogens with zero attached hydrogens (tertiary/aromatic N) is 2. The van der Waals surface area contributed by atoms with E-state index in [-0.39, 0.29) is 37.4 Å². The predicted molar refractivity (Wildman–Crippen MR) is 180 cm³/mol. The fourth-order valence-electron chi connectivity index (χ4n) is 5.97. The first-order valence-corrected chi connectivity index (χ1v) is 17.9. The van der Waals surface area contributed by atoms with E-state index in [1.165, 1.54) is 17.0 Å². The molecule has 1 saturated carbocycles. The number of carbonyl (C=O) groups is 2. The number of carbonyl (C=O) groups excluding carboxylic acids is 2. The van der Waals surface area contributed by atoms with Gasteiger partial charge in [0.05, 0.1) is 19.1 Å². The first-order chi connectivity index (χ1) is 21.7. The van der Waals surface area contributed by atoms with Gasteiger partial charge >= 0.3 is 0 Å². The molecule has 3 aromatic carbocycles. The van der Waals surface area contributed by atoms with Crippen molar-refractivity contribution in [1.29, 1.82) is 0 Å². The van der Waals surface area contributed by atoms with Crippen LogP contribution in [0.4, 0.5) is 5.69 Å². The van der Waals surface area contributed by atoms with E-state index >= 15 is 0 Å². The van der Waals surface area contributed by atoms with Crippen LogP contribution < -0.4 is 14.4 Å². The summed E-state index contributed by atoms with van der Waals surface area (Å²) in [4.78, 5) is 29.8. The van der Waals surface area contributed by atoms with Gasteiger partial charge in [0.25, 0.3) is 0 Å². The number of methoxy groups -OCH3 is 1. The van der Waals surface area contributed by atoms with Gasteiger partial charge in [-0.3, -0.25) is 13.9 Å². The molecule has 4 rings (SSSR count). The molecule has 9 heteroatoms. The van der Waals surface area contributed by atoms with E-state index < -0.39 is 16.1 Å². The van der Waals surface area contributed by atoms with E-state index in [9.17, 15) is 18.0 Å². The third-order valence-electron chi connectivity index (χ3n) is 8.49. The molecule has 1 fully saturated rings. The zero-order chi connectivity index (χ0) is 32.2. The van der Waals surface area contributed by atoms with Crippen molar-refractivity contribution >= 4 is 27.5 Å². The average Bonchev–Trinajstić information content (AvgIpc) is 3.05. The van der Waals surface area contributed by atoms with Crippen molar-refractivity contribution in [3.63, 3.8) is 0 Å². The van der Waals surface area contributed by atoms with Crippen LogP contribution in [0.15, 0.2) is 78.9 Å². The molecule has 8 nitrogen and oxygen atoms in total. The topological polar surface area (TPSA) is 96.0 Å². The summed E-state index contributed by atoms with van der Waals surface area (Å²) in [6.07, 6.45) is 8.02. The largest absolute Gasteiger partial charge is 0.497 e. The Balaban J connectivity index is 1.59. The first kappa shape index (κ1) is 34.0. The van der Waals surface area contributed by atoms with Crippen molar-refractivity contribution in [3.8, 4) is 5.75 Å². The molecule has 1 atom stereocenters. The molecule has 45 heavy (non-hydrogen) atoms. The number of amides is 2. The van der Waals surface area contributed by atoms with Crippen molar-refractivity contribution in [1.82, 2.24) is 10.2 Å². The summed E-state index contributed by atoms with van der Waals surface area (Å²) < 4.78 is 32.3. The summed E-state index contributed by atoms with van der Waals surface area (Å²) in [6, 6.07) is 24.1. The van der Waals surface area contributed by atoms with Crippen molar-refractivity contribution in [2.75, 3.05) is 24.2 Å². The van der Waals surface area contributed by atoms with Crippen molar-refractivity contribution in [2.45, 2.75) is 83.3 Å². The Hall–Kier alpha value is -3.85. The van der Waals surface area contributed by atoms with Crippen LogP contribution in [0.1, 0.15) is 68.6 Å². The monoisotopic (exact) mass is 633 g/mol. The summed E-state index contributed by atoms with van der Waals surface area (Å²) in [5.41, 5.74) is 3.50. The minimum absolute atomic E-state index is 0.0883. The van der Waals surface area contributed by atoms with Crippen LogP contribution in [0, 0.1) is 0 Å². The maximum atomic E-state index is 14.1. The lowest BCUT2D eigenvalue weighted by Gasteiger charge is -2.34. The SMILES string of the molecule is CCc1ccc(N(CCCC(=O)N(Cc2cccc(OC)c2)[C@H](Cc2ccccc2)C(=O)NC2CCCCC2)S(C)(=O)=O)cc1. The molecule has 0 aromatic heterocycles. The highest BCUT2D eigenvalue weighted by Gasteiger charge is 2.32. The molecule has 0 heterocycles. The van der Waals surface area contributed by atoms with Gasteiger partial charge in [0.15, 0.2) is 0 Å². The molecule has 1 N–H and O–H groups in total. The number of sulfonamides is 1. The van der Waals surface area contributed by atoms with E-state index in [0.29, 0.717) is 24.3 Å². The van der Waals surface area contributed by atoms with Crippen LogP contribution in [0.2, 0.25) is 0 Å². The molecule has 1 aliphatic carbocycles. The van der Waals surface area contributed by atoms with Crippen LogP contribution in [0.5, 0.6) is 5.75 Å². The minimum Gasteiger partial charge on any atom is -0.497 e. The summed E-state index contributed by atoms with van der Waals surface area (Å²) in [6.45, 7) is 2.42. The quantitative estimate of drug-likeness (QED) is 0.225. The Kier molecular flexibility index (Phi) is 12.4. The molecular weight excluding hydrogens is 586 g/mol. The molecule has 0 saturated heterocycles. The Morgan fingerprint density at radius 2 is 1.60 bits per heavy atom. The number of anilines is 1.